The first-order valence-corrected chi connectivity index (χ1v) is 7.77. The first-order valence-electron chi connectivity index (χ1n) is 6.58. The number of aromatic nitrogens is 1. The molecule has 7 heteroatoms. The van der Waals surface area contributed by atoms with Gasteiger partial charge in [-0.05, 0) is 19.9 Å². The van der Waals surface area contributed by atoms with E-state index in [1.165, 1.54) is 4.88 Å². The van der Waals surface area contributed by atoms with Crippen molar-refractivity contribution in [3.63, 3.8) is 0 Å². The van der Waals surface area contributed by atoms with Gasteiger partial charge >= 0.3 is 0 Å². The van der Waals surface area contributed by atoms with Crippen molar-refractivity contribution in [3.05, 3.63) is 50.4 Å². The van der Waals surface area contributed by atoms with Crippen LogP contribution in [0.25, 0.3) is 0 Å². The molecule has 0 bridgehead atoms. The Labute approximate surface area is 138 Å². The molecule has 0 fully saturated rings. The van der Waals surface area contributed by atoms with Crippen LogP contribution in [0, 0.1) is 19.3 Å². The Morgan fingerprint density at radius 3 is 2.73 bits per heavy atom. The average Bonchev–Trinajstić information content (AvgIpc) is 2.82. The summed E-state index contributed by atoms with van der Waals surface area (Å²) in [6.07, 6.45) is 1.11. The molecule has 0 radical (unpaired) electrons. The zero-order chi connectivity index (χ0) is 16.1. The van der Waals surface area contributed by atoms with E-state index in [2.05, 4.69) is 15.0 Å². The molecule has 0 saturated carbocycles. The normalized spacial score (nSPS) is 12.5. The van der Waals surface area contributed by atoms with Crippen LogP contribution in [-0.4, -0.2) is 22.9 Å². The van der Waals surface area contributed by atoms with Gasteiger partial charge in [-0.15, -0.1) is 11.3 Å². The Morgan fingerprint density at radius 2 is 2.14 bits per heavy atom. The van der Waals surface area contributed by atoms with Gasteiger partial charge in [-0.25, -0.2) is 15.0 Å². The highest BCUT2D eigenvalue weighted by molar-refractivity contribution is 7.11. The molecule has 0 spiro atoms. The third-order valence-corrected chi connectivity index (χ3v) is 4.36. The fourth-order valence-corrected chi connectivity index (χ4v) is 2.84. The number of guanidine groups is 1. The maximum absolute atomic E-state index is 7.48. The number of halogens is 1. The van der Waals surface area contributed by atoms with E-state index in [1.54, 1.807) is 23.5 Å². The second kappa shape index (κ2) is 7.29. The quantitative estimate of drug-likeness (QED) is 0.663. The molecular formula is C15H16ClN5S. The first-order chi connectivity index (χ1) is 10.5. The SMILES string of the molecule is Cc1nc(CN=C(N)N=C(C=N)c2ccccc2Cl)sc1C. The summed E-state index contributed by atoms with van der Waals surface area (Å²) in [6, 6.07) is 7.17. The topological polar surface area (TPSA) is 87.5 Å². The highest BCUT2D eigenvalue weighted by Crippen LogP contribution is 2.17. The second-order valence-corrected chi connectivity index (χ2v) is 6.24. The molecule has 0 saturated heterocycles. The maximum atomic E-state index is 7.48. The van der Waals surface area contributed by atoms with Crippen molar-refractivity contribution < 1.29 is 0 Å². The summed E-state index contributed by atoms with van der Waals surface area (Å²) in [5.41, 5.74) is 7.86. The number of aryl methyl sites for hydroxylation is 2. The third-order valence-electron chi connectivity index (χ3n) is 2.97. The lowest BCUT2D eigenvalue weighted by molar-refractivity contribution is 1.01. The van der Waals surface area contributed by atoms with E-state index in [0.717, 1.165) is 16.9 Å². The highest BCUT2D eigenvalue weighted by atomic mass is 35.5. The summed E-state index contributed by atoms with van der Waals surface area (Å²) in [6.45, 7) is 4.36. The fourth-order valence-electron chi connectivity index (χ4n) is 1.75. The van der Waals surface area contributed by atoms with Crippen LogP contribution in [0.4, 0.5) is 0 Å². The number of hydrogen-bond acceptors (Lipinski definition) is 4. The Kier molecular flexibility index (Phi) is 5.41. The van der Waals surface area contributed by atoms with Crippen LogP contribution < -0.4 is 5.73 Å². The molecule has 114 valence electrons. The van der Waals surface area contributed by atoms with Crippen molar-refractivity contribution in [3.8, 4) is 0 Å². The molecule has 0 aliphatic heterocycles. The number of nitrogens with one attached hydrogen (secondary N) is 1. The number of hydrogen-bond donors (Lipinski definition) is 2. The molecule has 2 aromatic rings. The number of rotatable bonds is 4. The molecule has 0 aliphatic carbocycles. The molecular weight excluding hydrogens is 318 g/mol. The van der Waals surface area contributed by atoms with Crippen molar-refractivity contribution in [1.82, 2.24) is 4.98 Å². The van der Waals surface area contributed by atoms with Gasteiger partial charge in [0.1, 0.15) is 5.01 Å². The molecule has 22 heavy (non-hydrogen) atoms. The number of thiazole rings is 1. The van der Waals surface area contributed by atoms with E-state index in [4.69, 9.17) is 22.7 Å². The van der Waals surface area contributed by atoms with Crippen LogP contribution in [0.15, 0.2) is 34.3 Å². The predicted octanol–water partition coefficient (Wildman–Crippen LogP) is 3.37. The van der Waals surface area contributed by atoms with Gasteiger partial charge in [0, 0.05) is 16.7 Å². The summed E-state index contributed by atoms with van der Waals surface area (Å²) < 4.78 is 0. The Balaban J connectivity index is 2.20. The maximum Gasteiger partial charge on any atom is 0.216 e. The van der Waals surface area contributed by atoms with E-state index >= 15 is 0 Å². The molecule has 3 N–H and O–H groups in total. The number of benzene rings is 1. The van der Waals surface area contributed by atoms with Crippen LogP contribution >= 0.6 is 22.9 Å². The summed E-state index contributed by atoms with van der Waals surface area (Å²) in [5.74, 6) is 0.101. The first kappa shape index (κ1) is 16.3. The lowest BCUT2D eigenvalue weighted by atomic mass is 10.1. The minimum absolute atomic E-state index is 0.101. The van der Waals surface area contributed by atoms with E-state index in [0.29, 0.717) is 22.8 Å². The summed E-state index contributed by atoms with van der Waals surface area (Å²) in [5, 5.41) is 8.89. The Bertz CT molecular complexity index is 729. The zero-order valence-electron chi connectivity index (χ0n) is 12.3. The fraction of sp³-hybridized carbons (Fsp3) is 0.200. The number of nitrogens with two attached hydrogens (primary N) is 1. The minimum atomic E-state index is 0.101. The van der Waals surface area contributed by atoms with Gasteiger partial charge in [0.05, 0.1) is 23.0 Å². The summed E-state index contributed by atoms with van der Waals surface area (Å²) >= 11 is 7.69. The average molecular weight is 334 g/mol. The van der Waals surface area contributed by atoms with Crippen LogP contribution in [0.5, 0.6) is 0 Å². The molecule has 0 amide bonds. The standard InChI is InChI=1S/C15H16ClN5S/c1-9-10(2)22-14(20-9)8-19-15(18)21-13(7-17)11-5-3-4-6-12(11)16/h3-7,17H,8H2,1-2H3,(H2,18,19). The molecule has 5 nitrogen and oxygen atoms in total. The molecule has 0 aliphatic rings. The molecule has 0 atom stereocenters. The van der Waals surface area contributed by atoms with Gasteiger partial charge < -0.3 is 11.1 Å². The molecule has 2 rings (SSSR count). The van der Waals surface area contributed by atoms with Crippen LogP contribution in [0.1, 0.15) is 21.1 Å². The number of aliphatic imine (C=N–C) groups is 2. The van der Waals surface area contributed by atoms with Crippen molar-refractivity contribution in [2.75, 3.05) is 0 Å². The molecule has 1 aromatic carbocycles. The lowest BCUT2D eigenvalue weighted by Gasteiger charge is -2.03. The predicted molar refractivity (Wildman–Crippen MR) is 93.7 cm³/mol. The molecule has 1 aromatic heterocycles. The lowest BCUT2D eigenvalue weighted by Crippen LogP contribution is -2.14. The van der Waals surface area contributed by atoms with Crippen LogP contribution in [-0.2, 0) is 6.54 Å². The Hall–Kier alpha value is -2.05. The highest BCUT2D eigenvalue weighted by Gasteiger charge is 2.06. The van der Waals surface area contributed by atoms with Gasteiger partial charge in [-0.1, -0.05) is 29.8 Å². The minimum Gasteiger partial charge on any atom is -0.368 e. The van der Waals surface area contributed by atoms with Crippen molar-refractivity contribution in [2.24, 2.45) is 15.7 Å². The van der Waals surface area contributed by atoms with Gasteiger partial charge in [-0.3, -0.25) is 0 Å². The van der Waals surface area contributed by atoms with Gasteiger partial charge in [0.25, 0.3) is 0 Å². The van der Waals surface area contributed by atoms with Crippen molar-refractivity contribution in [1.29, 1.82) is 5.41 Å². The van der Waals surface area contributed by atoms with Crippen LogP contribution in [0.2, 0.25) is 5.02 Å². The summed E-state index contributed by atoms with van der Waals surface area (Å²) in [4.78, 5) is 13.9. The van der Waals surface area contributed by atoms with Gasteiger partial charge in [0.2, 0.25) is 5.96 Å². The van der Waals surface area contributed by atoms with E-state index in [-0.39, 0.29) is 5.96 Å². The van der Waals surface area contributed by atoms with Crippen molar-refractivity contribution in [2.45, 2.75) is 20.4 Å². The van der Waals surface area contributed by atoms with Crippen LogP contribution in [0.3, 0.4) is 0 Å². The van der Waals surface area contributed by atoms with Crippen molar-refractivity contribution >= 4 is 40.8 Å². The second-order valence-electron chi connectivity index (χ2n) is 4.54. The van der Waals surface area contributed by atoms with E-state index < -0.39 is 0 Å². The monoisotopic (exact) mass is 333 g/mol. The Morgan fingerprint density at radius 1 is 1.41 bits per heavy atom. The van der Waals surface area contributed by atoms with E-state index in [1.807, 2.05) is 26.0 Å². The molecule has 0 unspecified atom stereocenters. The smallest absolute Gasteiger partial charge is 0.216 e. The van der Waals surface area contributed by atoms with Gasteiger partial charge in [0.15, 0.2) is 0 Å². The zero-order valence-corrected chi connectivity index (χ0v) is 13.9. The number of nitrogens with zero attached hydrogens (tertiary/aromatic N) is 3. The summed E-state index contributed by atoms with van der Waals surface area (Å²) in [7, 11) is 0. The van der Waals surface area contributed by atoms with E-state index in [9.17, 15) is 0 Å². The largest absolute Gasteiger partial charge is 0.368 e. The molecule has 1 heterocycles. The third kappa shape index (κ3) is 3.99. The van der Waals surface area contributed by atoms with Gasteiger partial charge in [-0.2, -0.15) is 0 Å².